The highest BCUT2D eigenvalue weighted by Crippen LogP contribution is 2.31. The highest BCUT2D eigenvalue weighted by Gasteiger charge is 2.28. The van der Waals surface area contributed by atoms with Gasteiger partial charge in [0, 0.05) is 36.7 Å². The molecule has 12 heteroatoms. The number of rotatable bonds is 11. The Morgan fingerprint density at radius 1 is 1.02 bits per heavy atom. The molecule has 3 aromatic carbocycles. The van der Waals surface area contributed by atoms with Gasteiger partial charge in [0.25, 0.3) is 10.0 Å². The van der Waals surface area contributed by atoms with Gasteiger partial charge in [-0.2, -0.15) is 0 Å². The van der Waals surface area contributed by atoms with Gasteiger partial charge in [-0.1, -0.05) is 42.5 Å². The number of carbonyl (C=O) groups is 1. The number of carboxylic acids is 1. The SMILES string of the molecule is CN(C)CCN(c1ccc2c(c1)nc(Cc1ccc(C(=N)N)cc1)n2CC(=O)O)S(=O)(=O)c1cccc2cccnc12. The van der Waals surface area contributed by atoms with Crippen LogP contribution in [0.5, 0.6) is 0 Å². The Bertz CT molecular complexity index is 1900. The molecule has 216 valence electrons. The molecule has 0 aliphatic carbocycles. The first kappa shape index (κ1) is 28.7. The Hall–Kier alpha value is -4.81. The van der Waals surface area contributed by atoms with E-state index in [0.717, 1.165) is 10.9 Å². The van der Waals surface area contributed by atoms with Gasteiger partial charge in [-0.05, 0) is 50.0 Å². The predicted molar refractivity (Wildman–Crippen MR) is 162 cm³/mol. The number of nitrogens with two attached hydrogens (primary N) is 1. The van der Waals surface area contributed by atoms with E-state index in [0.29, 0.717) is 46.6 Å². The minimum absolute atomic E-state index is 0.0414. The average Bonchev–Trinajstić information content (AvgIpc) is 3.28. The maximum absolute atomic E-state index is 14.2. The van der Waals surface area contributed by atoms with Crippen LogP contribution in [0.2, 0.25) is 0 Å². The van der Waals surface area contributed by atoms with Crippen molar-refractivity contribution in [3.63, 3.8) is 0 Å². The average molecular weight is 586 g/mol. The van der Waals surface area contributed by atoms with Crippen LogP contribution in [0.3, 0.4) is 0 Å². The summed E-state index contributed by atoms with van der Waals surface area (Å²) in [4.78, 5) is 22.9. The van der Waals surface area contributed by atoms with Crippen LogP contribution >= 0.6 is 0 Å². The molecule has 2 aromatic heterocycles. The van der Waals surface area contributed by atoms with E-state index in [1.807, 2.05) is 43.3 Å². The number of hydrogen-bond acceptors (Lipinski definition) is 7. The molecule has 42 heavy (non-hydrogen) atoms. The van der Waals surface area contributed by atoms with Gasteiger partial charge < -0.3 is 20.3 Å². The van der Waals surface area contributed by atoms with Crippen molar-refractivity contribution in [1.82, 2.24) is 19.4 Å². The van der Waals surface area contributed by atoms with E-state index in [9.17, 15) is 18.3 Å². The fraction of sp³-hybridized carbons (Fsp3) is 0.200. The first-order valence-corrected chi connectivity index (χ1v) is 14.6. The molecule has 0 saturated heterocycles. The Morgan fingerprint density at radius 3 is 2.45 bits per heavy atom. The van der Waals surface area contributed by atoms with Gasteiger partial charge in [-0.3, -0.25) is 19.5 Å². The van der Waals surface area contributed by atoms with Crippen LogP contribution in [0, 0.1) is 5.41 Å². The van der Waals surface area contributed by atoms with Gasteiger partial charge in [0.1, 0.15) is 23.1 Å². The number of nitrogen functional groups attached to an aromatic ring is 1. The molecule has 0 atom stereocenters. The third kappa shape index (κ3) is 5.80. The van der Waals surface area contributed by atoms with Gasteiger partial charge in [-0.15, -0.1) is 0 Å². The summed E-state index contributed by atoms with van der Waals surface area (Å²) in [6.45, 7) is 0.334. The fourth-order valence-electron chi connectivity index (χ4n) is 4.84. The first-order chi connectivity index (χ1) is 20.0. The predicted octanol–water partition coefficient (Wildman–Crippen LogP) is 3.30. The molecule has 0 bridgehead atoms. The van der Waals surface area contributed by atoms with Crippen molar-refractivity contribution in [3.05, 3.63) is 95.9 Å². The Labute approximate surface area is 243 Å². The molecular weight excluding hydrogens is 554 g/mol. The summed E-state index contributed by atoms with van der Waals surface area (Å²) in [6, 6.07) is 20.8. The van der Waals surface area contributed by atoms with Crippen molar-refractivity contribution >= 4 is 49.5 Å². The second kappa shape index (κ2) is 11.6. The highest BCUT2D eigenvalue weighted by atomic mass is 32.2. The number of fused-ring (bicyclic) bond motifs is 2. The second-order valence-electron chi connectivity index (χ2n) is 10.2. The molecule has 5 aromatic rings. The Morgan fingerprint density at radius 2 is 1.76 bits per heavy atom. The number of benzene rings is 3. The standard InChI is InChI=1S/C30H31N7O4S/c1-35(2)15-16-37(42(40,41)26-7-3-5-21-6-4-14-33-29(21)26)23-12-13-25-24(18-23)34-27(36(25)19-28(38)39)17-20-8-10-22(11-9-20)30(31)32/h3-14,18H,15-17,19H2,1-2H3,(H3,31,32)(H,38,39). The van der Waals surface area contributed by atoms with Crippen molar-refractivity contribution in [2.24, 2.45) is 5.73 Å². The number of para-hydroxylation sites is 1. The van der Waals surface area contributed by atoms with Gasteiger partial charge in [-0.25, -0.2) is 13.4 Å². The quantitative estimate of drug-likeness (QED) is 0.157. The lowest BCUT2D eigenvalue weighted by atomic mass is 10.1. The summed E-state index contributed by atoms with van der Waals surface area (Å²) in [5.74, 6) is -0.550. The number of hydrogen-bond donors (Lipinski definition) is 3. The van der Waals surface area contributed by atoms with Crippen LogP contribution in [-0.4, -0.2) is 71.9 Å². The molecule has 0 amide bonds. The highest BCUT2D eigenvalue weighted by molar-refractivity contribution is 7.93. The zero-order valence-electron chi connectivity index (χ0n) is 23.2. The largest absolute Gasteiger partial charge is 0.480 e. The molecule has 4 N–H and O–H groups in total. The number of pyridine rings is 1. The molecule has 11 nitrogen and oxygen atoms in total. The zero-order valence-corrected chi connectivity index (χ0v) is 24.0. The monoisotopic (exact) mass is 585 g/mol. The smallest absolute Gasteiger partial charge is 0.323 e. The Kier molecular flexibility index (Phi) is 7.92. The van der Waals surface area contributed by atoms with Crippen LogP contribution in [0.25, 0.3) is 21.9 Å². The van der Waals surface area contributed by atoms with E-state index in [1.165, 1.54) is 4.31 Å². The number of imidazole rings is 1. The number of aromatic nitrogens is 3. The second-order valence-corrected chi connectivity index (χ2v) is 12.0. The number of anilines is 1. The van der Waals surface area contributed by atoms with Crippen LogP contribution in [0.1, 0.15) is 17.0 Å². The van der Waals surface area contributed by atoms with Crippen LogP contribution in [0.15, 0.2) is 83.9 Å². The van der Waals surface area contributed by atoms with E-state index in [2.05, 4.69) is 4.98 Å². The third-order valence-corrected chi connectivity index (χ3v) is 8.79. The Balaban J connectivity index is 1.60. The number of nitrogens with one attached hydrogen (secondary N) is 1. The lowest BCUT2D eigenvalue weighted by Crippen LogP contribution is -2.37. The molecule has 0 aliphatic heterocycles. The van der Waals surface area contributed by atoms with E-state index >= 15 is 0 Å². The van der Waals surface area contributed by atoms with Gasteiger partial charge >= 0.3 is 5.97 Å². The summed E-state index contributed by atoms with van der Waals surface area (Å²) in [5, 5.41) is 18.0. The normalized spacial score (nSPS) is 11.8. The maximum atomic E-state index is 14.2. The number of amidine groups is 1. The fourth-order valence-corrected chi connectivity index (χ4v) is 6.45. The summed E-state index contributed by atoms with van der Waals surface area (Å²) in [6.07, 6.45) is 1.90. The molecule has 0 unspecified atom stereocenters. The number of sulfonamides is 1. The molecule has 0 fully saturated rings. The topological polar surface area (TPSA) is 158 Å². The number of aliphatic carboxylic acids is 1. The number of carboxylic acid groups (broad SMARTS) is 1. The van der Waals surface area contributed by atoms with Crippen molar-refractivity contribution < 1.29 is 18.3 Å². The van der Waals surface area contributed by atoms with Gasteiger partial charge in [0.2, 0.25) is 0 Å². The maximum Gasteiger partial charge on any atom is 0.323 e. The van der Waals surface area contributed by atoms with Crippen molar-refractivity contribution in [3.8, 4) is 0 Å². The summed E-state index contributed by atoms with van der Waals surface area (Å²) in [7, 11) is -0.297. The minimum Gasteiger partial charge on any atom is -0.480 e. The number of nitrogens with zero attached hydrogens (tertiary/aromatic N) is 5. The van der Waals surface area contributed by atoms with Crippen LogP contribution < -0.4 is 10.0 Å². The lowest BCUT2D eigenvalue weighted by molar-refractivity contribution is -0.137. The van der Waals surface area contributed by atoms with Crippen molar-refractivity contribution in [1.29, 1.82) is 5.41 Å². The van der Waals surface area contributed by atoms with E-state index < -0.39 is 16.0 Å². The third-order valence-electron chi connectivity index (χ3n) is 6.93. The first-order valence-electron chi connectivity index (χ1n) is 13.2. The van der Waals surface area contributed by atoms with E-state index in [-0.39, 0.29) is 23.8 Å². The summed E-state index contributed by atoms with van der Waals surface area (Å²) < 4.78 is 31.3. The van der Waals surface area contributed by atoms with Crippen LogP contribution in [0.4, 0.5) is 5.69 Å². The van der Waals surface area contributed by atoms with E-state index in [1.54, 1.807) is 59.3 Å². The molecular formula is C30H31N7O4S. The summed E-state index contributed by atoms with van der Waals surface area (Å²) >= 11 is 0. The molecule has 2 heterocycles. The van der Waals surface area contributed by atoms with Crippen molar-refractivity contribution in [2.45, 2.75) is 17.9 Å². The zero-order chi connectivity index (χ0) is 30.0. The van der Waals surface area contributed by atoms with Gasteiger partial charge in [0.05, 0.1) is 22.2 Å². The van der Waals surface area contributed by atoms with Gasteiger partial charge in [0.15, 0.2) is 0 Å². The molecule has 5 rings (SSSR count). The lowest BCUT2D eigenvalue weighted by Gasteiger charge is -2.26. The minimum atomic E-state index is -4.04. The summed E-state index contributed by atoms with van der Waals surface area (Å²) in [5.41, 5.74) is 8.87. The molecule has 0 radical (unpaired) electrons. The molecule has 0 saturated carbocycles. The van der Waals surface area contributed by atoms with E-state index in [4.69, 9.17) is 16.1 Å². The molecule has 0 aliphatic rings. The van der Waals surface area contributed by atoms with Crippen LogP contribution in [-0.2, 0) is 27.8 Å². The number of likely N-dealkylation sites (N-methyl/N-ethyl adjacent to an activating group) is 1. The van der Waals surface area contributed by atoms with Crippen molar-refractivity contribution in [2.75, 3.05) is 31.5 Å². The molecule has 0 spiro atoms.